The third-order valence-electron chi connectivity index (χ3n) is 2.87. The summed E-state index contributed by atoms with van der Waals surface area (Å²) in [6, 6.07) is 1.72. The summed E-state index contributed by atoms with van der Waals surface area (Å²) >= 11 is 0. The minimum absolute atomic E-state index is 0.112. The molecule has 84 valence electrons. The molecule has 2 aromatic rings. The highest BCUT2D eigenvalue weighted by Crippen LogP contribution is 2.19. The third kappa shape index (κ3) is 1.42. The molecule has 3 heterocycles. The Morgan fingerprint density at radius 1 is 1.50 bits per heavy atom. The van der Waals surface area contributed by atoms with Gasteiger partial charge in [-0.3, -0.25) is 9.89 Å². The number of aryl methyl sites for hydroxylation is 1. The van der Waals surface area contributed by atoms with E-state index in [0.717, 1.165) is 25.2 Å². The molecule has 3 rings (SSSR count). The van der Waals surface area contributed by atoms with Gasteiger partial charge < -0.3 is 5.32 Å². The van der Waals surface area contributed by atoms with E-state index in [0.29, 0.717) is 11.5 Å². The van der Waals surface area contributed by atoms with Crippen molar-refractivity contribution >= 4 is 5.78 Å². The Kier molecular flexibility index (Phi) is 2.03. The number of nitrogens with zero attached hydrogens (tertiary/aromatic N) is 3. The van der Waals surface area contributed by atoms with Crippen molar-refractivity contribution in [2.24, 2.45) is 0 Å². The lowest BCUT2D eigenvalue weighted by atomic mass is 10.2. The Morgan fingerprint density at radius 2 is 2.38 bits per heavy atom. The first-order valence-corrected chi connectivity index (χ1v) is 5.44. The third-order valence-corrected chi connectivity index (χ3v) is 2.87. The molecular formula is C10H13N5O. The number of aromatic nitrogens is 4. The molecule has 0 saturated carbocycles. The molecule has 0 aliphatic carbocycles. The molecule has 0 aromatic carbocycles. The van der Waals surface area contributed by atoms with Crippen LogP contribution in [0.1, 0.15) is 30.4 Å². The quantitative estimate of drug-likeness (QED) is 0.716. The summed E-state index contributed by atoms with van der Waals surface area (Å²) in [5.74, 6) is 1.25. The maximum absolute atomic E-state index is 11.7. The second-order valence-corrected chi connectivity index (χ2v) is 4.13. The van der Waals surface area contributed by atoms with Crippen molar-refractivity contribution in [3.8, 4) is 0 Å². The van der Waals surface area contributed by atoms with Crippen molar-refractivity contribution in [2.75, 3.05) is 6.54 Å². The number of hydrogen-bond donors (Lipinski definition) is 2. The van der Waals surface area contributed by atoms with Gasteiger partial charge in [0.15, 0.2) is 0 Å². The molecule has 6 nitrogen and oxygen atoms in total. The second-order valence-electron chi connectivity index (χ2n) is 4.13. The van der Waals surface area contributed by atoms with Crippen LogP contribution in [-0.2, 0) is 0 Å². The van der Waals surface area contributed by atoms with Gasteiger partial charge in [0.1, 0.15) is 5.82 Å². The van der Waals surface area contributed by atoms with E-state index in [2.05, 4.69) is 20.4 Å². The van der Waals surface area contributed by atoms with Gasteiger partial charge in [-0.25, -0.2) is 4.98 Å². The Bertz CT molecular complexity index is 578. The Hall–Kier alpha value is -1.69. The fourth-order valence-electron chi connectivity index (χ4n) is 2.08. The van der Waals surface area contributed by atoms with Crippen LogP contribution in [-0.4, -0.2) is 26.1 Å². The van der Waals surface area contributed by atoms with Gasteiger partial charge in [0.2, 0.25) is 0 Å². The van der Waals surface area contributed by atoms with E-state index in [-0.39, 0.29) is 11.6 Å². The highest BCUT2D eigenvalue weighted by molar-refractivity contribution is 5.28. The first-order valence-electron chi connectivity index (χ1n) is 5.44. The molecule has 1 atom stereocenters. The predicted octanol–water partition coefficient (Wildman–Crippen LogP) is 0.151. The maximum Gasteiger partial charge on any atom is 0.274 e. The van der Waals surface area contributed by atoms with E-state index in [1.54, 1.807) is 6.92 Å². The molecule has 1 aliphatic heterocycles. The minimum Gasteiger partial charge on any atom is -0.307 e. The number of rotatable bonds is 1. The second kappa shape index (κ2) is 3.41. The van der Waals surface area contributed by atoms with E-state index in [4.69, 9.17) is 0 Å². The molecule has 0 amide bonds. The first kappa shape index (κ1) is 9.53. The fourth-order valence-corrected chi connectivity index (χ4v) is 2.08. The Morgan fingerprint density at radius 3 is 3.12 bits per heavy atom. The molecule has 16 heavy (non-hydrogen) atoms. The van der Waals surface area contributed by atoms with E-state index in [1.165, 1.54) is 10.6 Å². The lowest BCUT2D eigenvalue weighted by Crippen LogP contribution is -2.16. The minimum atomic E-state index is -0.112. The zero-order chi connectivity index (χ0) is 11.1. The van der Waals surface area contributed by atoms with E-state index < -0.39 is 0 Å². The predicted molar refractivity (Wildman–Crippen MR) is 58.3 cm³/mol. The smallest absolute Gasteiger partial charge is 0.274 e. The largest absolute Gasteiger partial charge is 0.307 e. The van der Waals surface area contributed by atoms with Crippen molar-refractivity contribution < 1.29 is 0 Å². The monoisotopic (exact) mass is 219 g/mol. The van der Waals surface area contributed by atoms with Gasteiger partial charge >= 0.3 is 0 Å². The van der Waals surface area contributed by atoms with Crippen molar-refractivity contribution in [1.29, 1.82) is 0 Å². The van der Waals surface area contributed by atoms with Gasteiger partial charge in [-0.05, 0) is 26.3 Å². The Labute approximate surface area is 91.7 Å². The summed E-state index contributed by atoms with van der Waals surface area (Å²) in [5, 5.41) is 6.33. The van der Waals surface area contributed by atoms with Crippen LogP contribution in [0.4, 0.5) is 0 Å². The van der Waals surface area contributed by atoms with Gasteiger partial charge in [-0.2, -0.15) is 9.50 Å². The SMILES string of the molecule is Cc1cc(=O)n2[nH]c(C3CCCN3)nc2n1. The molecule has 6 heteroatoms. The zero-order valence-electron chi connectivity index (χ0n) is 9.03. The summed E-state index contributed by atoms with van der Waals surface area (Å²) in [7, 11) is 0. The number of nitrogens with one attached hydrogen (secondary N) is 2. The van der Waals surface area contributed by atoms with Crippen LogP contribution in [0.25, 0.3) is 5.78 Å². The molecule has 1 aliphatic rings. The number of hydrogen-bond acceptors (Lipinski definition) is 4. The topological polar surface area (TPSA) is 75.1 Å². The van der Waals surface area contributed by atoms with Crippen LogP contribution < -0.4 is 10.9 Å². The average molecular weight is 219 g/mol. The zero-order valence-corrected chi connectivity index (χ0v) is 9.03. The van der Waals surface area contributed by atoms with Crippen molar-refractivity contribution in [2.45, 2.75) is 25.8 Å². The number of H-pyrrole nitrogens is 1. The molecule has 0 spiro atoms. The average Bonchev–Trinajstić information content (AvgIpc) is 2.82. The van der Waals surface area contributed by atoms with Gasteiger partial charge in [0.25, 0.3) is 11.3 Å². The number of fused-ring (bicyclic) bond motifs is 1. The highest BCUT2D eigenvalue weighted by atomic mass is 16.1. The van der Waals surface area contributed by atoms with Crippen LogP contribution in [0.5, 0.6) is 0 Å². The van der Waals surface area contributed by atoms with Gasteiger partial charge in [0, 0.05) is 11.8 Å². The van der Waals surface area contributed by atoms with Crippen LogP contribution >= 0.6 is 0 Å². The molecule has 0 radical (unpaired) electrons. The molecule has 1 unspecified atom stereocenters. The summed E-state index contributed by atoms with van der Waals surface area (Å²) in [6.07, 6.45) is 2.19. The molecule has 0 bridgehead atoms. The summed E-state index contributed by atoms with van der Waals surface area (Å²) in [6.45, 7) is 2.80. The molecular weight excluding hydrogens is 206 g/mol. The van der Waals surface area contributed by atoms with E-state index in [9.17, 15) is 4.79 Å². The van der Waals surface area contributed by atoms with E-state index >= 15 is 0 Å². The van der Waals surface area contributed by atoms with Crippen LogP contribution in [0.15, 0.2) is 10.9 Å². The van der Waals surface area contributed by atoms with Gasteiger partial charge in [-0.15, -0.1) is 0 Å². The van der Waals surface area contributed by atoms with Crippen LogP contribution in [0.2, 0.25) is 0 Å². The normalized spacial score (nSPS) is 20.7. The fraction of sp³-hybridized carbons (Fsp3) is 0.500. The number of aromatic amines is 1. The maximum atomic E-state index is 11.7. The summed E-state index contributed by atoms with van der Waals surface area (Å²) < 4.78 is 1.39. The van der Waals surface area contributed by atoms with Gasteiger partial charge in [0.05, 0.1) is 6.04 Å². The standard InChI is InChI=1S/C10H13N5O/c1-6-5-8(16)15-10(12-6)13-9(14-15)7-3-2-4-11-7/h5,7,11H,2-4H2,1H3,(H,12,13,14). The summed E-state index contributed by atoms with van der Waals surface area (Å²) in [5.41, 5.74) is 0.585. The molecule has 1 fully saturated rings. The lowest BCUT2D eigenvalue weighted by molar-refractivity contribution is 0.603. The highest BCUT2D eigenvalue weighted by Gasteiger charge is 2.20. The van der Waals surface area contributed by atoms with Crippen LogP contribution in [0, 0.1) is 6.92 Å². The molecule has 1 saturated heterocycles. The summed E-state index contributed by atoms with van der Waals surface area (Å²) in [4.78, 5) is 20.2. The lowest BCUT2D eigenvalue weighted by Gasteiger charge is -2.03. The van der Waals surface area contributed by atoms with Gasteiger partial charge in [-0.1, -0.05) is 0 Å². The van der Waals surface area contributed by atoms with Crippen molar-refractivity contribution in [3.63, 3.8) is 0 Å². The van der Waals surface area contributed by atoms with E-state index in [1.807, 2.05) is 0 Å². The first-order chi connectivity index (χ1) is 7.74. The molecule has 2 aromatic heterocycles. The molecule has 2 N–H and O–H groups in total. The van der Waals surface area contributed by atoms with Crippen LogP contribution in [0.3, 0.4) is 0 Å². The van der Waals surface area contributed by atoms with Crippen molar-refractivity contribution in [1.82, 2.24) is 24.9 Å². The Balaban J connectivity index is 2.15. The van der Waals surface area contributed by atoms with Crippen molar-refractivity contribution in [3.05, 3.63) is 27.9 Å².